The van der Waals surface area contributed by atoms with Gasteiger partial charge in [-0.2, -0.15) is 4.68 Å². The second-order valence-electron chi connectivity index (χ2n) is 7.98. The maximum atomic E-state index is 13.1. The minimum atomic E-state index is -0.642. The third-order valence-corrected chi connectivity index (χ3v) is 5.65. The summed E-state index contributed by atoms with van der Waals surface area (Å²) in [7, 11) is 0. The third kappa shape index (κ3) is 4.56. The number of tetrazole rings is 1. The molecule has 180 valence electrons. The van der Waals surface area contributed by atoms with Crippen molar-refractivity contribution in [3.8, 4) is 11.4 Å². The van der Waals surface area contributed by atoms with Gasteiger partial charge in [-0.05, 0) is 47.5 Å². The highest BCUT2D eigenvalue weighted by Crippen LogP contribution is 2.23. The highest BCUT2D eigenvalue weighted by molar-refractivity contribution is 6.21. The van der Waals surface area contributed by atoms with Crippen LogP contribution >= 0.6 is 0 Å². The highest BCUT2D eigenvalue weighted by atomic mass is 16.5. The fraction of sp³-hybridized carbons (Fsp3) is 0.154. The fourth-order valence-corrected chi connectivity index (χ4v) is 3.88. The van der Waals surface area contributed by atoms with E-state index in [1.807, 2.05) is 30.3 Å². The smallest absolute Gasteiger partial charge is 0.357 e. The monoisotopic (exact) mass is 483 g/mol. The number of fused-ring (bicyclic) bond motifs is 1. The summed E-state index contributed by atoms with van der Waals surface area (Å²) in [6.45, 7) is 0.324. The van der Waals surface area contributed by atoms with Crippen LogP contribution in [-0.2, 0) is 9.53 Å². The van der Waals surface area contributed by atoms with E-state index < -0.39 is 5.97 Å². The van der Waals surface area contributed by atoms with E-state index in [1.54, 1.807) is 36.4 Å². The molecule has 2 aromatic heterocycles. The lowest BCUT2D eigenvalue weighted by Crippen LogP contribution is -2.30. The first-order valence-electron chi connectivity index (χ1n) is 11.3. The molecule has 2 aromatic carbocycles. The third-order valence-electron chi connectivity index (χ3n) is 5.65. The molecule has 4 aromatic rings. The van der Waals surface area contributed by atoms with Crippen LogP contribution in [0.1, 0.15) is 39.3 Å². The molecule has 36 heavy (non-hydrogen) atoms. The van der Waals surface area contributed by atoms with Gasteiger partial charge in [0.1, 0.15) is 5.76 Å². The van der Waals surface area contributed by atoms with Crippen molar-refractivity contribution in [2.24, 2.45) is 0 Å². The summed E-state index contributed by atoms with van der Waals surface area (Å²) in [5, 5.41) is 11.8. The number of furan rings is 1. The molecule has 0 spiro atoms. The van der Waals surface area contributed by atoms with Gasteiger partial charge in [0.15, 0.2) is 11.5 Å². The van der Waals surface area contributed by atoms with E-state index in [9.17, 15) is 14.4 Å². The van der Waals surface area contributed by atoms with Crippen molar-refractivity contribution < 1.29 is 23.5 Å². The summed E-state index contributed by atoms with van der Waals surface area (Å²) < 4.78 is 12.2. The normalized spacial score (nSPS) is 13.2. The first-order valence-corrected chi connectivity index (χ1v) is 11.3. The molecule has 0 unspecified atom stereocenters. The second-order valence-corrected chi connectivity index (χ2v) is 7.98. The first-order chi connectivity index (χ1) is 17.6. The SMILES string of the molecule is O=C(OCCCCN1C(=O)c2ccccc2C1=O)/C(=C\c1ccco1)n1nnnc1-c1ccccc1. The zero-order valence-electron chi connectivity index (χ0n) is 19.1. The van der Waals surface area contributed by atoms with Crippen LogP contribution in [0.2, 0.25) is 0 Å². The van der Waals surface area contributed by atoms with Gasteiger partial charge in [-0.1, -0.05) is 42.5 Å². The lowest BCUT2D eigenvalue weighted by Gasteiger charge is -2.14. The van der Waals surface area contributed by atoms with Gasteiger partial charge in [0.05, 0.1) is 24.0 Å². The molecule has 3 heterocycles. The van der Waals surface area contributed by atoms with Crippen LogP contribution in [0.15, 0.2) is 77.4 Å². The lowest BCUT2D eigenvalue weighted by atomic mass is 10.1. The zero-order valence-corrected chi connectivity index (χ0v) is 19.1. The number of amides is 2. The van der Waals surface area contributed by atoms with E-state index in [4.69, 9.17) is 9.15 Å². The summed E-state index contributed by atoms with van der Waals surface area (Å²) in [6.07, 6.45) is 3.93. The van der Waals surface area contributed by atoms with Crippen LogP contribution in [0.3, 0.4) is 0 Å². The first kappa shape index (κ1) is 22.9. The molecule has 0 aliphatic carbocycles. The van der Waals surface area contributed by atoms with Crippen LogP contribution in [0.25, 0.3) is 23.2 Å². The molecule has 0 radical (unpaired) electrons. The van der Waals surface area contributed by atoms with Gasteiger partial charge in [0, 0.05) is 18.2 Å². The van der Waals surface area contributed by atoms with Gasteiger partial charge < -0.3 is 9.15 Å². The van der Waals surface area contributed by atoms with E-state index in [0.717, 1.165) is 5.56 Å². The number of carbonyl (C=O) groups is 3. The molecule has 1 aliphatic rings. The number of benzene rings is 2. The Kier molecular flexibility index (Phi) is 6.48. The predicted molar refractivity (Wildman–Crippen MR) is 128 cm³/mol. The number of rotatable bonds is 9. The number of hydrogen-bond acceptors (Lipinski definition) is 8. The van der Waals surface area contributed by atoms with Crippen molar-refractivity contribution >= 4 is 29.6 Å². The largest absolute Gasteiger partial charge is 0.465 e. The van der Waals surface area contributed by atoms with E-state index >= 15 is 0 Å². The van der Waals surface area contributed by atoms with E-state index in [2.05, 4.69) is 15.5 Å². The molecule has 10 nitrogen and oxygen atoms in total. The van der Waals surface area contributed by atoms with E-state index in [1.165, 1.54) is 21.9 Å². The average molecular weight is 483 g/mol. The quantitative estimate of drug-likeness (QED) is 0.153. The molecule has 0 saturated heterocycles. The number of esters is 1. The minimum absolute atomic E-state index is 0.0779. The molecular weight excluding hydrogens is 462 g/mol. The number of hydrogen-bond donors (Lipinski definition) is 0. The van der Waals surface area contributed by atoms with Gasteiger partial charge >= 0.3 is 5.97 Å². The van der Waals surface area contributed by atoms with Gasteiger partial charge in [0.2, 0.25) is 0 Å². The van der Waals surface area contributed by atoms with Crippen LogP contribution < -0.4 is 0 Å². The summed E-state index contributed by atoms with van der Waals surface area (Å²) in [5.74, 6) is -0.443. The Morgan fingerprint density at radius 3 is 2.33 bits per heavy atom. The van der Waals surface area contributed by atoms with Crippen molar-refractivity contribution in [2.45, 2.75) is 12.8 Å². The fourth-order valence-electron chi connectivity index (χ4n) is 3.88. The van der Waals surface area contributed by atoms with Crippen LogP contribution in [0, 0.1) is 0 Å². The minimum Gasteiger partial charge on any atom is -0.465 e. The summed E-state index contributed by atoms with van der Waals surface area (Å²) in [5.41, 5.74) is 1.63. The Hall–Kier alpha value is -4.86. The van der Waals surface area contributed by atoms with Gasteiger partial charge in [-0.3, -0.25) is 14.5 Å². The molecule has 5 rings (SSSR count). The highest BCUT2D eigenvalue weighted by Gasteiger charge is 2.34. The Morgan fingerprint density at radius 2 is 1.64 bits per heavy atom. The molecule has 0 atom stereocenters. The Morgan fingerprint density at radius 1 is 0.917 bits per heavy atom. The zero-order chi connectivity index (χ0) is 24.9. The van der Waals surface area contributed by atoms with Gasteiger partial charge in [-0.15, -0.1) is 5.10 Å². The molecule has 0 saturated carbocycles. The summed E-state index contributed by atoms with van der Waals surface area (Å²) in [4.78, 5) is 39.2. The maximum absolute atomic E-state index is 13.1. The van der Waals surface area contributed by atoms with E-state index in [-0.39, 0.29) is 30.7 Å². The standard InChI is InChI=1S/C26H21N5O5/c32-24-20-12-4-5-13-21(20)25(33)30(24)14-6-7-15-36-26(34)22(17-19-11-8-16-35-19)31-23(27-28-29-31)18-9-2-1-3-10-18/h1-5,8-13,16-17H,6-7,14-15H2/b22-17+. The number of aromatic nitrogens is 4. The Balaban J connectivity index is 1.23. The van der Waals surface area contributed by atoms with Crippen molar-refractivity contribution in [1.82, 2.24) is 25.1 Å². The van der Waals surface area contributed by atoms with Crippen molar-refractivity contribution in [3.63, 3.8) is 0 Å². The van der Waals surface area contributed by atoms with Crippen LogP contribution in [-0.4, -0.2) is 56.0 Å². The number of nitrogens with zero attached hydrogens (tertiary/aromatic N) is 5. The van der Waals surface area contributed by atoms with E-state index in [0.29, 0.717) is 35.6 Å². The Bertz CT molecular complexity index is 1390. The van der Waals surface area contributed by atoms with Crippen molar-refractivity contribution in [3.05, 3.63) is 89.9 Å². The average Bonchev–Trinajstić information content (AvgIpc) is 3.65. The maximum Gasteiger partial charge on any atom is 0.357 e. The van der Waals surface area contributed by atoms with Gasteiger partial charge in [0.25, 0.3) is 11.8 Å². The molecule has 2 amide bonds. The predicted octanol–water partition coefficient (Wildman–Crippen LogP) is 3.55. The number of imide groups is 1. The molecular formula is C26H21N5O5. The Labute approximate surface area is 205 Å². The van der Waals surface area contributed by atoms with Crippen molar-refractivity contribution in [2.75, 3.05) is 13.2 Å². The summed E-state index contributed by atoms with van der Waals surface area (Å²) >= 11 is 0. The molecule has 0 bridgehead atoms. The summed E-state index contributed by atoms with van der Waals surface area (Å²) in [6, 6.07) is 19.4. The lowest BCUT2D eigenvalue weighted by molar-refractivity contribution is -0.137. The molecule has 10 heteroatoms. The number of unbranched alkanes of at least 4 members (excludes halogenated alkanes) is 1. The molecule has 1 aliphatic heterocycles. The second kappa shape index (κ2) is 10.2. The van der Waals surface area contributed by atoms with Crippen molar-refractivity contribution in [1.29, 1.82) is 0 Å². The number of carbonyl (C=O) groups excluding carboxylic acids is 3. The molecule has 0 fully saturated rings. The van der Waals surface area contributed by atoms with Crippen LogP contribution in [0.5, 0.6) is 0 Å². The van der Waals surface area contributed by atoms with Crippen LogP contribution in [0.4, 0.5) is 0 Å². The van der Waals surface area contributed by atoms with Gasteiger partial charge in [-0.25, -0.2) is 4.79 Å². The topological polar surface area (TPSA) is 120 Å². The molecule has 0 N–H and O–H groups in total. The number of ether oxygens (including phenoxy) is 1.